The molecule has 2 rings (SSSR count). The lowest BCUT2D eigenvalue weighted by atomic mass is 10.2. The highest BCUT2D eigenvalue weighted by molar-refractivity contribution is 8.03. The van der Waals surface area contributed by atoms with E-state index in [4.69, 9.17) is 9.47 Å². The summed E-state index contributed by atoms with van der Waals surface area (Å²) < 4.78 is 12.2. The Labute approximate surface area is 148 Å². The Balaban J connectivity index is 0.00000139. The molecule has 5 heteroatoms. The minimum atomic E-state index is -0.550. The van der Waals surface area contributed by atoms with E-state index in [1.165, 1.54) is 16.3 Å². The molecule has 0 aliphatic carbocycles. The second-order valence-corrected chi connectivity index (χ2v) is 6.32. The van der Waals surface area contributed by atoms with Crippen molar-refractivity contribution >= 4 is 28.8 Å². The van der Waals surface area contributed by atoms with Gasteiger partial charge in [0.25, 0.3) is 0 Å². The summed E-state index contributed by atoms with van der Waals surface area (Å²) in [4.78, 5) is 12.4. The van der Waals surface area contributed by atoms with Crippen molar-refractivity contribution in [3.05, 3.63) is 30.0 Å². The summed E-state index contributed by atoms with van der Waals surface area (Å²) in [5.74, 6) is 3.78. The topological polar surface area (TPSA) is 40.5 Å². The van der Waals surface area contributed by atoms with E-state index in [0.717, 1.165) is 22.2 Å². The molecule has 0 fully saturated rings. The molecule has 24 heavy (non-hydrogen) atoms. The van der Waals surface area contributed by atoms with Crippen molar-refractivity contribution in [3.8, 4) is 16.9 Å². The fourth-order valence-corrected chi connectivity index (χ4v) is 2.22. The molecular formula is C19H25NO3S. The van der Waals surface area contributed by atoms with Gasteiger partial charge in [-0.1, -0.05) is 31.5 Å². The number of fused-ring (bicyclic) bond motifs is 1. The summed E-state index contributed by atoms with van der Waals surface area (Å²) in [7, 11) is 1.61. The lowest BCUT2D eigenvalue weighted by molar-refractivity contribution is 0.0544. The molecule has 0 aliphatic rings. The van der Waals surface area contributed by atoms with Crippen molar-refractivity contribution in [1.29, 1.82) is 0 Å². The van der Waals surface area contributed by atoms with Crippen LogP contribution in [0.2, 0.25) is 0 Å². The van der Waals surface area contributed by atoms with Gasteiger partial charge < -0.3 is 9.47 Å². The number of rotatable bonds is 1. The van der Waals surface area contributed by atoms with Crippen LogP contribution in [0.25, 0.3) is 10.9 Å². The van der Waals surface area contributed by atoms with Crippen LogP contribution in [0.1, 0.15) is 40.2 Å². The highest BCUT2D eigenvalue weighted by atomic mass is 32.2. The number of hydrogen-bond acceptors (Lipinski definition) is 4. The molecule has 0 aliphatic heterocycles. The maximum atomic E-state index is 12.4. The van der Waals surface area contributed by atoms with Crippen LogP contribution in [0, 0.1) is 11.2 Å². The average molecular weight is 347 g/mol. The molecule has 1 heterocycles. The Bertz CT molecular complexity index is 760. The SMILES string of the molecule is CC.COc1ccc2c(c1)c(C#CSC)cn2C(=O)OC(C)(C)C. The van der Waals surface area contributed by atoms with E-state index < -0.39 is 11.7 Å². The summed E-state index contributed by atoms with van der Waals surface area (Å²) in [6, 6.07) is 5.53. The number of carbonyl (C=O) groups excluding carboxylic acids is 1. The Morgan fingerprint density at radius 3 is 2.46 bits per heavy atom. The normalized spacial score (nSPS) is 10.3. The molecule has 0 unspecified atom stereocenters. The maximum absolute atomic E-state index is 12.4. The van der Waals surface area contributed by atoms with Crippen LogP contribution in [0.15, 0.2) is 24.4 Å². The number of aromatic nitrogens is 1. The standard InChI is InChI=1S/C17H19NO3S.C2H6/c1-17(2,3)21-16(19)18-11-12(8-9-22-5)14-10-13(20-4)6-7-15(14)18;1-2/h6-7,10-11H,1-5H3;1-2H3. The first kappa shape index (κ1) is 20.0. The van der Waals surface area contributed by atoms with Crippen LogP contribution in [0.3, 0.4) is 0 Å². The first-order valence-electron chi connectivity index (χ1n) is 7.82. The molecule has 0 N–H and O–H groups in total. The highest BCUT2D eigenvalue weighted by Crippen LogP contribution is 2.26. The number of ether oxygens (including phenoxy) is 2. The quantitative estimate of drug-likeness (QED) is 0.670. The van der Waals surface area contributed by atoms with E-state index in [1.807, 2.05) is 59.1 Å². The second kappa shape index (κ2) is 8.70. The smallest absolute Gasteiger partial charge is 0.419 e. The van der Waals surface area contributed by atoms with Gasteiger partial charge in [0.2, 0.25) is 0 Å². The van der Waals surface area contributed by atoms with Crippen LogP contribution in [0.5, 0.6) is 5.75 Å². The van der Waals surface area contributed by atoms with Gasteiger partial charge in [-0.25, -0.2) is 4.79 Å². The van der Waals surface area contributed by atoms with E-state index in [9.17, 15) is 4.79 Å². The van der Waals surface area contributed by atoms with Crippen LogP contribution < -0.4 is 4.74 Å². The Morgan fingerprint density at radius 2 is 1.92 bits per heavy atom. The Hall–Kier alpha value is -2.06. The third-order valence-electron chi connectivity index (χ3n) is 2.89. The number of nitrogens with zero attached hydrogens (tertiary/aromatic N) is 1. The zero-order chi connectivity index (χ0) is 18.3. The van der Waals surface area contributed by atoms with E-state index >= 15 is 0 Å². The predicted molar refractivity (Wildman–Crippen MR) is 102 cm³/mol. The van der Waals surface area contributed by atoms with Crippen LogP contribution in [-0.2, 0) is 4.74 Å². The van der Waals surface area contributed by atoms with Crippen molar-refractivity contribution in [2.45, 2.75) is 40.2 Å². The van der Waals surface area contributed by atoms with Crippen molar-refractivity contribution in [2.75, 3.05) is 13.4 Å². The first-order valence-corrected chi connectivity index (χ1v) is 9.04. The molecule has 1 aromatic carbocycles. The summed E-state index contributed by atoms with van der Waals surface area (Å²) >= 11 is 1.42. The zero-order valence-corrected chi connectivity index (χ0v) is 16.2. The molecular weight excluding hydrogens is 322 g/mol. The van der Waals surface area contributed by atoms with Crippen LogP contribution in [0.4, 0.5) is 4.79 Å². The Morgan fingerprint density at radius 1 is 1.25 bits per heavy atom. The molecule has 0 saturated carbocycles. The predicted octanol–water partition coefficient (Wildman–Crippen LogP) is 5.13. The summed E-state index contributed by atoms with van der Waals surface area (Å²) in [6.07, 6.45) is 3.20. The molecule has 4 nitrogen and oxygen atoms in total. The summed E-state index contributed by atoms with van der Waals surface area (Å²) in [6.45, 7) is 9.52. The number of carbonyl (C=O) groups is 1. The minimum absolute atomic E-state index is 0.417. The van der Waals surface area contributed by atoms with E-state index in [0.29, 0.717) is 0 Å². The van der Waals surface area contributed by atoms with E-state index in [1.54, 1.807) is 13.3 Å². The lowest BCUT2D eigenvalue weighted by Crippen LogP contribution is -2.26. The molecule has 0 atom stereocenters. The summed E-state index contributed by atoms with van der Waals surface area (Å²) in [5, 5.41) is 3.82. The minimum Gasteiger partial charge on any atom is -0.497 e. The fraction of sp³-hybridized carbons (Fsp3) is 0.421. The molecule has 0 radical (unpaired) electrons. The van der Waals surface area contributed by atoms with Gasteiger partial charge in [0.15, 0.2) is 0 Å². The molecule has 0 saturated heterocycles. The fourth-order valence-electron chi connectivity index (χ4n) is 2.00. The van der Waals surface area contributed by atoms with Crippen LogP contribution in [-0.4, -0.2) is 29.6 Å². The van der Waals surface area contributed by atoms with E-state index in [2.05, 4.69) is 11.2 Å². The number of hydrogen-bond donors (Lipinski definition) is 0. The third kappa shape index (κ3) is 4.97. The second-order valence-electron chi connectivity index (χ2n) is 5.71. The van der Waals surface area contributed by atoms with Gasteiger partial charge in [-0.3, -0.25) is 4.57 Å². The van der Waals surface area contributed by atoms with Gasteiger partial charge >= 0.3 is 6.09 Å². The van der Waals surface area contributed by atoms with Gasteiger partial charge in [0, 0.05) is 11.6 Å². The third-order valence-corrected chi connectivity index (χ3v) is 3.20. The van der Waals surface area contributed by atoms with Crippen molar-refractivity contribution < 1.29 is 14.3 Å². The van der Waals surface area contributed by atoms with Gasteiger partial charge in [0.1, 0.15) is 11.4 Å². The number of benzene rings is 1. The van der Waals surface area contributed by atoms with Crippen LogP contribution >= 0.6 is 11.8 Å². The van der Waals surface area contributed by atoms with Gasteiger partial charge in [-0.2, -0.15) is 0 Å². The average Bonchev–Trinajstić information content (AvgIpc) is 2.91. The highest BCUT2D eigenvalue weighted by Gasteiger charge is 2.20. The monoisotopic (exact) mass is 347 g/mol. The molecule has 2 aromatic rings. The van der Waals surface area contributed by atoms with Gasteiger partial charge in [-0.05, 0) is 50.5 Å². The lowest BCUT2D eigenvalue weighted by Gasteiger charge is -2.19. The largest absolute Gasteiger partial charge is 0.497 e. The maximum Gasteiger partial charge on any atom is 0.419 e. The Kier molecular flexibility index (Phi) is 7.24. The molecule has 130 valence electrons. The molecule has 0 spiro atoms. The van der Waals surface area contributed by atoms with Crippen molar-refractivity contribution in [1.82, 2.24) is 4.57 Å². The number of methoxy groups -OCH3 is 1. The van der Waals surface area contributed by atoms with E-state index in [-0.39, 0.29) is 0 Å². The van der Waals surface area contributed by atoms with Crippen molar-refractivity contribution in [3.63, 3.8) is 0 Å². The van der Waals surface area contributed by atoms with Crippen molar-refractivity contribution in [2.24, 2.45) is 0 Å². The van der Waals surface area contributed by atoms with Gasteiger partial charge in [0.05, 0.1) is 18.2 Å². The molecule has 0 amide bonds. The molecule has 0 bridgehead atoms. The zero-order valence-electron chi connectivity index (χ0n) is 15.4. The summed E-state index contributed by atoms with van der Waals surface area (Å²) in [5.41, 5.74) is 0.972. The van der Waals surface area contributed by atoms with Gasteiger partial charge in [-0.15, -0.1) is 0 Å². The molecule has 1 aromatic heterocycles. The first-order chi connectivity index (χ1) is 11.4. The number of thioether (sulfide) groups is 1.